The maximum atomic E-state index is 13.3. The highest BCUT2D eigenvalue weighted by Gasteiger charge is 2.27. The lowest BCUT2D eigenvalue weighted by Gasteiger charge is -2.23. The molecule has 0 bridgehead atoms. The molecule has 0 heterocycles. The number of carbonyl (C=O) groups is 1. The molecule has 3 aromatic rings. The van der Waals surface area contributed by atoms with Crippen LogP contribution in [-0.2, 0) is 14.8 Å². The first kappa shape index (κ1) is 22.7. The number of aryl methyl sites for hydroxylation is 2. The highest BCUT2D eigenvalue weighted by molar-refractivity contribution is 9.10. The number of sulfonamides is 1. The summed E-state index contributed by atoms with van der Waals surface area (Å²) in [6, 6.07) is 20.9. The lowest BCUT2D eigenvalue weighted by atomic mass is 10.2. The van der Waals surface area contributed by atoms with Gasteiger partial charge in [-0.3, -0.25) is 9.10 Å². The number of nitrogens with one attached hydrogen (secondary N) is 1. The van der Waals surface area contributed by atoms with Crippen molar-refractivity contribution in [2.45, 2.75) is 18.7 Å². The van der Waals surface area contributed by atoms with Crippen molar-refractivity contribution in [3.05, 3.63) is 94.0 Å². The highest BCUT2D eigenvalue weighted by atomic mass is 79.9. The Hall–Kier alpha value is -2.97. The molecule has 0 radical (unpaired) electrons. The number of amides is 1. The first-order valence-electron chi connectivity index (χ1n) is 9.49. The van der Waals surface area contributed by atoms with Gasteiger partial charge in [0, 0.05) is 4.47 Å². The van der Waals surface area contributed by atoms with Crippen molar-refractivity contribution in [2.24, 2.45) is 5.10 Å². The molecule has 0 unspecified atom stereocenters. The lowest BCUT2D eigenvalue weighted by molar-refractivity contribution is -0.119. The van der Waals surface area contributed by atoms with Crippen molar-refractivity contribution in [3.8, 4) is 0 Å². The number of anilines is 1. The smallest absolute Gasteiger partial charge is 0.264 e. The number of halogens is 1. The van der Waals surface area contributed by atoms with Crippen LogP contribution in [0.2, 0.25) is 0 Å². The fraction of sp³-hybridized carbons (Fsp3) is 0.130. The second-order valence-electron chi connectivity index (χ2n) is 7.01. The standard InChI is InChI=1S/C23H22BrN3O3S/c1-17-6-12-22(13-7-17)31(29,30)27(21-10-8-20(24)9-11-21)16-23(28)26-25-15-19-5-3-4-18(2)14-19/h3-15H,16H2,1-2H3,(H,26,28)/b25-15-. The predicted molar refractivity (Wildman–Crippen MR) is 127 cm³/mol. The summed E-state index contributed by atoms with van der Waals surface area (Å²) in [6.45, 7) is 3.42. The zero-order valence-corrected chi connectivity index (χ0v) is 19.5. The fourth-order valence-electron chi connectivity index (χ4n) is 2.85. The lowest BCUT2D eigenvalue weighted by Crippen LogP contribution is -2.39. The van der Waals surface area contributed by atoms with Crippen LogP contribution in [0, 0.1) is 13.8 Å². The molecular formula is C23H22BrN3O3S. The zero-order valence-electron chi connectivity index (χ0n) is 17.1. The molecule has 0 aromatic heterocycles. The number of rotatable bonds is 7. The molecule has 0 aliphatic heterocycles. The van der Waals surface area contributed by atoms with Gasteiger partial charge in [-0.15, -0.1) is 0 Å². The van der Waals surface area contributed by atoms with Gasteiger partial charge in [-0.05, 0) is 55.8 Å². The van der Waals surface area contributed by atoms with Crippen LogP contribution in [0.3, 0.4) is 0 Å². The normalized spacial score (nSPS) is 11.5. The van der Waals surface area contributed by atoms with Crippen LogP contribution < -0.4 is 9.73 Å². The second-order valence-corrected chi connectivity index (χ2v) is 9.79. The monoisotopic (exact) mass is 499 g/mol. The Labute approximate surface area is 190 Å². The number of hydrazone groups is 1. The van der Waals surface area contributed by atoms with E-state index in [0.29, 0.717) is 5.69 Å². The van der Waals surface area contributed by atoms with Crippen LogP contribution >= 0.6 is 15.9 Å². The number of hydrogen-bond acceptors (Lipinski definition) is 4. The molecule has 0 aliphatic carbocycles. The summed E-state index contributed by atoms with van der Waals surface area (Å²) in [6.07, 6.45) is 1.52. The molecule has 0 spiro atoms. The Morgan fingerprint density at radius 3 is 2.32 bits per heavy atom. The molecule has 160 valence electrons. The van der Waals surface area contributed by atoms with Crippen molar-refractivity contribution in [3.63, 3.8) is 0 Å². The van der Waals surface area contributed by atoms with Crippen molar-refractivity contribution in [1.82, 2.24) is 5.43 Å². The molecule has 6 nitrogen and oxygen atoms in total. The molecule has 1 N–H and O–H groups in total. The molecule has 0 atom stereocenters. The maximum Gasteiger partial charge on any atom is 0.264 e. The predicted octanol–water partition coefficient (Wildman–Crippen LogP) is 4.41. The van der Waals surface area contributed by atoms with E-state index in [4.69, 9.17) is 0 Å². The third-order valence-electron chi connectivity index (χ3n) is 4.46. The second kappa shape index (κ2) is 9.89. The summed E-state index contributed by atoms with van der Waals surface area (Å²) >= 11 is 3.34. The Bertz CT molecular complexity index is 1190. The molecule has 0 fully saturated rings. The summed E-state index contributed by atoms with van der Waals surface area (Å²) in [5.41, 5.74) is 5.63. The van der Waals surface area contributed by atoms with E-state index in [1.165, 1.54) is 18.3 Å². The zero-order chi connectivity index (χ0) is 22.4. The largest absolute Gasteiger partial charge is 0.271 e. The highest BCUT2D eigenvalue weighted by Crippen LogP contribution is 2.25. The Morgan fingerprint density at radius 2 is 1.68 bits per heavy atom. The molecule has 8 heteroatoms. The number of benzene rings is 3. The van der Waals surface area contributed by atoms with Gasteiger partial charge in [0.1, 0.15) is 6.54 Å². The molecule has 0 aliphatic rings. The molecule has 31 heavy (non-hydrogen) atoms. The van der Waals surface area contributed by atoms with E-state index in [-0.39, 0.29) is 4.90 Å². The van der Waals surface area contributed by atoms with Crippen molar-refractivity contribution >= 4 is 43.8 Å². The average molecular weight is 500 g/mol. The molecule has 0 saturated heterocycles. The first-order valence-corrected chi connectivity index (χ1v) is 11.7. The number of hydrogen-bond donors (Lipinski definition) is 1. The van der Waals surface area contributed by atoms with Crippen LogP contribution in [0.1, 0.15) is 16.7 Å². The first-order chi connectivity index (χ1) is 14.8. The van der Waals surface area contributed by atoms with Gasteiger partial charge < -0.3 is 0 Å². The molecule has 1 amide bonds. The quantitative estimate of drug-likeness (QED) is 0.386. The van der Waals surface area contributed by atoms with Gasteiger partial charge in [0.05, 0.1) is 16.8 Å². The van der Waals surface area contributed by atoms with Gasteiger partial charge in [0.15, 0.2) is 0 Å². The Balaban J connectivity index is 1.83. The van der Waals surface area contributed by atoms with E-state index < -0.39 is 22.5 Å². The third kappa shape index (κ3) is 6.02. The van der Waals surface area contributed by atoms with Gasteiger partial charge in [-0.2, -0.15) is 5.10 Å². The van der Waals surface area contributed by atoms with Gasteiger partial charge in [-0.25, -0.2) is 13.8 Å². The minimum absolute atomic E-state index is 0.108. The van der Waals surface area contributed by atoms with Crippen LogP contribution in [0.15, 0.2) is 87.3 Å². The third-order valence-corrected chi connectivity index (χ3v) is 6.77. The summed E-state index contributed by atoms with van der Waals surface area (Å²) in [4.78, 5) is 12.7. The van der Waals surface area contributed by atoms with E-state index in [0.717, 1.165) is 25.5 Å². The minimum atomic E-state index is -3.96. The SMILES string of the molecule is Cc1ccc(S(=O)(=O)N(CC(=O)N/N=C\c2cccc(C)c2)c2ccc(Br)cc2)cc1. The van der Waals surface area contributed by atoms with Gasteiger partial charge >= 0.3 is 0 Å². The van der Waals surface area contributed by atoms with E-state index in [1.807, 2.05) is 38.1 Å². The van der Waals surface area contributed by atoms with Gasteiger partial charge in [0.2, 0.25) is 0 Å². The van der Waals surface area contributed by atoms with Crippen LogP contribution in [0.5, 0.6) is 0 Å². The van der Waals surface area contributed by atoms with E-state index in [1.54, 1.807) is 36.4 Å². The summed E-state index contributed by atoms with van der Waals surface area (Å²) in [7, 11) is -3.96. The van der Waals surface area contributed by atoms with Crippen LogP contribution in [0.25, 0.3) is 0 Å². The van der Waals surface area contributed by atoms with Crippen molar-refractivity contribution < 1.29 is 13.2 Å². The van der Waals surface area contributed by atoms with Gasteiger partial charge in [0.25, 0.3) is 15.9 Å². The van der Waals surface area contributed by atoms with Gasteiger partial charge in [-0.1, -0.05) is 63.5 Å². The fourth-order valence-corrected chi connectivity index (χ4v) is 4.54. The van der Waals surface area contributed by atoms with Crippen LogP contribution in [0.4, 0.5) is 5.69 Å². The summed E-state index contributed by atoms with van der Waals surface area (Å²) in [5.74, 6) is -0.553. The number of nitrogens with zero attached hydrogens (tertiary/aromatic N) is 2. The van der Waals surface area contributed by atoms with E-state index in [2.05, 4.69) is 26.5 Å². The molecule has 3 aromatic carbocycles. The topological polar surface area (TPSA) is 78.8 Å². The maximum absolute atomic E-state index is 13.3. The van der Waals surface area contributed by atoms with E-state index >= 15 is 0 Å². The Kier molecular flexibility index (Phi) is 7.25. The summed E-state index contributed by atoms with van der Waals surface area (Å²) < 4.78 is 28.5. The molecular weight excluding hydrogens is 478 g/mol. The van der Waals surface area contributed by atoms with E-state index in [9.17, 15) is 13.2 Å². The number of carbonyl (C=O) groups excluding carboxylic acids is 1. The minimum Gasteiger partial charge on any atom is -0.271 e. The Morgan fingerprint density at radius 1 is 1.00 bits per heavy atom. The van der Waals surface area contributed by atoms with Crippen molar-refractivity contribution in [1.29, 1.82) is 0 Å². The van der Waals surface area contributed by atoms with Crippen LogP contribution in [-0.4, -0.2) is 27.1 Å². The molecule has 0 saturated carbocycles. The average Bonchev–Trinajstić information content (AvgIpc) is 2.73. The summed E-state index contributed by atoms with van der Waals surface area (Å²) in [5, 5.41) is 3.96. The molecule has 3 rings (SSSR count). The van der Waals surface area contributed by atoms with Crippen molar-refractivity contribution in [2.75, 3.05) is 10.8 Å².